The van der Waals surface area contributed by atoms with E-state index in [0.717, 1.165) is 12.2 Å². The van der Waals surface area contributed by atoms with Gasteiger partial charge in [0.05, 0.1) is 12.5 Å². The molecule has 2 unspecified atom stereocenters. The zero-order chi connectivity index (χ0) is 13.5. The highest BCUT2D eigenvalue weighted by atomic mass is 16.5. The van der Waals surface area contributed by atoms with Crippen LogP contribution in [0.25, 0.3) is 0 Å². The van der Waals surface area contributed by atoms with E-state index in [1.165, 1.54) is 5.56 Å². The van der Waals surface area contributed by atoms with Crippen LogP contribution in [0.2, 0.25) is 0 Å². The van der Waals surface area contributed by atoms with Gasteiger partial charge in [0.15, 0.2) is 0 Å². The summed E-state index contributed by atoms with van der Waals surface area (Å²) in [6, 6.07) is 7.85. The lowest BCUT2D eigenvalue weighted by atomic mass is 10.2. The first-order chi connectivity index (χ1) is 8.70. The van der Waals surface area contributed by atoms with Gasteiger partial charge in [-0.3, -0.25) is 4.79 Å². The Morgan fingerprint density at radius 2 is 1.89 bits per heavy atom. The molecule has 18 heavy (non-hydrogen) atoms. The van der Waals surface area contributed by atoms with E-state index in [0.29, 0.717) is 6.61 Å². The quantitative estimate of drug-likeness (QED) is 0.769. The molecule has 0 heterocycles. The number of benzene rings is 1. The van der Waals surface area contributed by atoms with Crippen molar-refractivity contribution in [3.8, 4) is 5.75 Å². The number of hydrogen-bond donors (Lipinski definition) is 0. The maximum atomic E-state index is 11.4. The summed E-state index contributed by atoms with van der Waals surface area (Å²) in [5.41, 5.74) is 1.20. The maximum Gasteiger partial charge on any atom is 0.312 e. The largest absolute Gasteiger partial charge is 0.490 e. The number of hydrogen-bond acceptors (Lipinski definition) is 3. The summed E-state index contributed by atoms with van der Waals surface area (Å²) >= 11 is 0. The van der Waals surface area contributed by atoms with Gasteiger partial charge in [-0.05, 0) is 26.0 Å². The number of rotatable bonds is 4. The highest BCUT2D eigenvalue weighted by Crippen LogP contribution is 2.35. The topological polar surface area (TPSA) is 35.5 Å². The summed E-state index contributed by atoms with van der Waals surface area (Å²) in [6.07, 6.45) is 0.772. The van der Waals surface area contributed by atoms with Gasteiger partial charge in [-0.1, -0.05) is 31.5 Å². The molecular weight excluding hydrogens is 228 g/mol. The molecule has 0 aromatic heterocycles. The zero-order valence-electron chi connectivity index (χ0n) is 11.6. The average molecular weight is 250 g/mol. The fraction of sp³-hybridized carbons (Fsp3) is 0.533. The third-order valence-electron chi connectivity index (χ3n) is 2.63. The van der Waals surface area contributed by atoms with Gasteiger partial charge in [0, 0.05) is 6.42 Å². The van der Waals surface area contributed by atoms with Gasteiger partial charge < -0.3 is 9.47 Å². The van der Waals surface area contributed by atoms with E-state index in [2.05, 4.69) is 0 Å². The molecule has 0 aliphatic heterocycles. The van der Waals surface area contributed by atoms with Crippen molar-refractivity contribution < 1.29 is 14.3 Å². The Hall–Kier alpha value is -1.51. The molecule has 0 spiro atoms. The highest BCUT2D eigenvalue weighted by molar-refractivity contribution is 5.76. The summed E-state index contributed by atoms with van der Waals surface area (Å²) in [5, 5.41) is 0. The highest BCUT2D eigenvalue weighted by Gasteiger charge is 2.46. The van der Waals surface area contributed by atoms with Crippen molar-refractivity contribution in [3.63, 3.8) is 0 Å². The molecule has 3 nitrogen and oxygen atoms in total. The number of esters is 1. The molecule has 0 N–H and O–H groups in total. The van der Waals surface area contributed by atoms with Crippen molar-refractivity contribution in [2.75, 3.05) is 6.61 Å². The van der Waals surface area contributed by atoms with Crippen LogP contribution < -0.4 is 4.74 Å². The van der Waals surface area contributed by atoms with Crippen molar-refractivity contribution in [2.45, 2.75) is 40.2 Å². The summed E-state index contributed by atoms with van der Waals surface area (Å²) in [5.74, 6) is 0.614. The Bertz CT molecular complexity index is 370. The van der Waals surface area contributed by atoms with Crippen LogP contribution in [0.4, 0.5) is 0 Å². The molecule has 0 saturated heterocycles. The second-order valence-electron chi connectivity index (χ2n) is 4.06. The second kappa shape index (κ2) is 7.04. The molecule has 1 fully saturated rings. The van der Waals surface area contributed by atoms with Crippen LogP contribution in [0.5, 0.6) is 5.75 Å². The molecule has 0 radical (unpaired) electrons. The monoisotopic (exact) mass is 250 g/mol. The number of ether oxygens (including phenoxy) is 2. The molecule has 1 aromatic carbocycles. The lowest BCUT2D eigenvalue weighted by Crippen LogP contribution is -2.12. The Balaban J connectivity index is 0.000000771. The minimum atomic E-state index is -0.139. The molecule has 1 saturated carbocycles. The molecule has 100 valence electrons. The minimum absolute atomic E-state index is 0.00163. The standard InChI is InChI=1S/C13H16O3.C2H6/c1-3-15-13(14)11-8-12(11)16-10-6-4-9(2)5-7-10;1-2/h4-7,11-12H,3,8H2,1-2H3;1-2H3. The van der Waals surface area contributed by atoms with Gasteiger partial charge in [-0.25, -0.2) is 0 Å². The third-order valence-corrected chi connectivity index (χ3v) is 2.63. The van der Waals surface area contributed by atoms with Crippen LogP contribution in [0.1, 0.15) is 32.8 Å². The van der Waals surface area contributed by atoms with Crippen molar-refractivity contribution in [3.05, 3.63) is 29.8 Å². The summed E-state index contributed by atoms with van der Waals surface area (Å²) in [6.45, 7) is 8.28. The van der Waals surface area contributed by atoms with Gasteiger partial charge in [-0.15, -0.1) is 0 Å². The summed E-state index contributed by atoms with van der Waals surface area (Å²) < 4.78 is 10.6. The molecule has 1 aliphatic carbocycles. The normalized spacial score (nSPS) is 20.4. The first-order valence-electron chi connectivity index (χ1n) is 6.60. The molecular formula is C15H22O3. The number of carbonyl (C=O) groups is 1. The fourth-order valence-electron chi connectivity index (χ4n) is 1.59. The van der Waals surface area contributed by atoms with Crippen LogP contribution in [0.15, 0.2) is 24.3 Å². The van der Waals surface area contributed by atoms with Crippen LogP contribution in [0, 0.1) is 12.8 Å². The van der Waals surface area contributed by atoms with Gasteiger partial charge in [0.25, 0.3) is 0 Å². The zero-order valence-corrected chi connectivity index (χ0v) is 11.6. The first-order valence-corrected chi connectivity index (χ1v) is 6.60. The number of carbonyl (C=O) groups excluding carboxylic acids is 1. The lowest BCUT2D eigenvalue weighted by Gasteiger charge is -2.05. The Kier molecular flexibility index (Phi) is 5.69. The van der Waals surface area contributed by atoms with Crippen molar-refractivity contribution >= 4 is 5.97 Å². The Labute approximate surface area is 109 Å². The van der Waals surface area contributed by atoms with Crippen LogP contribution >= 0.6 is 0 Å². The van der Waals surface area contributed by atoms with Crippen LogP contribution in [-0.4, -0.2) is 18.7 Å². The van der Waals surface area contributed by atoms with Crippen molar-refractivity contribution in [1.29, 1.82) is 0 Å². The van der Waals surface area contributed by atoms with Gasteiger partial charge >= 0.3 is 5.97 Å². The van der Waals surface area contributed by atoms with Gasteiger partial charge in [-0.2, -0.15) is 0 Å². The van der Waals surface area contributed by atoms with E-state index in [9.17, 15) is 4.79 Å². The predicted octanol–water partition coefficient (Wildman–Crippen LogP) is 3.35. The van der Waals surface area contributed by atoms with E-state index >= 15 is 0 Å². The molecule has 0 amide bonds. The summed E-state index contributed by atoms with van der Waals surface area (Å²) in [7, 11) is 0. The molecule has 1 aromatic rings. The minimum Gasteiger partial charge on any atom is -0.490 e. The van der Waals surface area contributed by atoms with E-state index in [4.69, 9.17) is 9.47 Å². The van der Waals surface area contributed by atoms with Crippen molar-refractivity contribution in [2.24, 2.45) is 5.92 Å². The lowest BCUT2D eigenvalue weighted by molar-refractivity contribution is -0.145. The molecule has 0 bridgehead atoms. The maximum absolute atomic E-state index is 11.4. The average Bonchev–Trinajstić information content (AvgIpc) is 3.14. The van der Waals surface area contributed by atoms with Gasteiger partial charge in [0.2, 0.25) is 0 Å². The SMILES string of the molecule is CC.CCOC(=O)C1CC1Oc1ccc(C)cc1. The first kappa shape index (κ1) is 14.6. The van der Waals surface area contributed by atoms with Crippen LogP contribution in [0.3, 0.4) is 0 Å². The van der Waals surface area contributed by atoms with E-state index in [-0.39, 0.29) is 18.0 Å². The van der Waals surface area contributed by atoms with Gasteiger partial charge in [0.1, 0.15) is 11.9 Å². The molecule has 2 atom stereocenters. The fourth-order valence-corrected chi connectivity index (χ4v) is 1.59. The Morgan fingerprint density at radius 1 is 1.28 bits per heavy atom. The van der Waals surface area contributed by atoms with E-state index < -0.39 is 0 Å². The van der Waals surface area contributed by atoms with Crippen molar-refractivity contribution in [1.82, 2.24) is 0 Å². The van der Waals surface area contributed by atoms with Crippen LogP contribution in [-0.2, 0) is 9.53 Å². The van der Waals surface area contributed by atoms with E-state index in [1.807, 2.05) is 52.0 Å². The van der Waals surface area contributed by atoms with E-state index in [1.54, 1.807) is 0 Å². The predicted molar refractivity (Wildman–Crippen MR) is 71.7 cm³/mol. The second-order valence-corrected chi connectivity index (χ2v) is 4.06. The molecule has 1 aliphatic rings. The third kappa shape index (κ3) is 4.06. The number of aryl methyl sites for hydroxylation is 1. The molecule has 3 heteroatoms. The smallest absolute Gasteiger partial charge is 0.312 e. The Morgan fingerprint density at radius 3 is 2.44 bits per heavy atom. The summed E-state index contributed by atoms with van der Waals surface area (Å²) in [4.78, 5) is 11.4. The molecule has 2 rings (SSSR count).